The molecule has 2 aromatic rings. The average Bonchev–Trinajstić information content (AvgIpc) is 2.51. The Hall–Kier alpha value is -2.28. The molecule has 0 bridgehead atoms. The number of hydrogen-bond donors (Lipinski definition) is 2. The molecule has 3 N–H and O–H groups in total. The molecular formula is C17H15ClF3N3O. The lowest BCUT2D eigenvalue weighted by molar-refractivity contribution is -0.146. The zero-order valence-corrected chi connectivity index (χ0v) is 13.7. The molecule has 1 heterocycles. The van der Waals surface area contributed by atoms with Crippen LogP contribution in [0.5, 0.6) is 0 Å². The summed E-state index contributed by atoms with van der Waals surface area (Å²) in [5.41, 5.74) is 4.36. The molecule has 1 aromatic heterocycles. The van der Waals surface area contributed by atoms with E-state index < -0.39 is 41.9 Å². The molecule has 0 spiro atoms. The summed E-state index contributed by atoms with van der Waals surface area (Å²) in [4.78, 5) is 16.2. The summed E-state index contributed by atoms with van der Waals surface area (Å²) < 4.78 is 40.5. The lowest BCUT2D eigenvalue weighted by atomic mass is 9.65. The summed E-state index contributed by atoms with van der Waals surface area (Å²) in [6.45, 7) is 0. The Kier molecular flexibility index (Phi) is 4.36. The van der Waals surface area contributed by atoms with Crippen molar-refractivity contribution in [3.8, 4) is 0 Å². The number of primary amides is 1. The summed E-state index contributed by atoms with van der Waals surface area (Å²) in [5.74, 6) is -5.19. The van der Waals surface area contributed by atoms with E-state index in [0.29, 0.717) is 0 Å². The maximum atomic E-state index is 13.5. The maximum absolute atomic E-state index is 13.5. The van der Waals surface area contributed by atoms with Crippen molar-refractivity contribution in [1.82, 2.24) is 4.98 Å². The normalized spacial score (nSPS) is 18.9. The van der Waals surface area contributed by atoms with E-state index in [9.17, 15) is 18.0 Å². The van der Waals surface area contributed by atoms with Crippen molar-refractivity contribution in [2.75, 3.05) is 5.32 Å². The van der Waals surface area contributed by atoms with Crippen LogP contribution < -0.4 is 11.1 Å². The maximum Gasteiger partial charge on any atom is 0.248 e. The topological polar surface area (TPSA) is 68.0 Å². The van der Waals surface area contributed by atoms with E-state index in [1.807, 2.05) is 0 Å². The van der Waals surface area contributed by atoms with Gasteiger partial charge in [-0.3, -0.25) is 9.78 Å². The molecule has 132 valence electrons. The molecule has 1 saturated carbocycles. The van der Waals surface area contributed by atoms with Crippen LogP contribution >= 0.6 is 11.6 Å². The summed E-state index contributed by atoms with van der Waals surface area (Å²) in [6.07, 6.45) is 1.21. The van der Waals surface area contributed by atoms with E-state index >= 15 is 0 Å². The van der Waals surface area contributed by atoms with Crippen molar-refractivity contribution in [1.29, 1.82) is 0 Å². The van der Waals surface area contributed by atoms with Crippen LogP contribution in [-0.2, 0) is 10.3 Å². The molecule has 4 nitrogen and oxygen atoms in total. The van der Waals surface area contributed by atoms with Gasteiger partial charge in [-0.25, -0.2) is 13.2 Å². The standard InChI is InChI=1S/C17H15ClF3N3O/c18-14-4-2-1-3-13(14)17(15(22)25,10-6-16(20,21)7-10)24-12-5-11(19)8-23-9-12/h1-5,8-10,24H,6-7H2,(H2,22,25). The van der Waals surface area contributed by atoms with Crippen molar-refractivity contribution >= 4 is 23.2 Å². The number of nitrogens with two attached hydrogens (primary N) is 1. The van der Waals surface area contributed by atoms with E-state index in [-0.39, 0.29) is 16.3 Å². The molecular weight excluding hydrogens is 355 g/mol. The molecule has 0 radical (unpaired) electrons. The minimum atomic E-state index is -2.88. The number of halogens is 4. The minimum absolute atomic E-state index is 0.147. The number of nitrogens with zero attached hydrogens (tertiary/aromatic N) is 1. The molecule has 1 aliphatic carbocycles. The fourth-order valence-electron chi connectivity index (χ4n) is 3.24. The van der Waals surface area contributed by atoms with Crippen LogP contribution in [0.3, 0.4) is 0 Å². The van der Waals surface area contributed by atoms with Gasteiger partial charge in [0.25, 0.3) is 0 Å². The summed E-state index contributed by atoms with van der Waals surface area (Å²) >= 11 is 6.22. The van der Waals surface area contributed by atoms with Gasteiger partial charge in [-0.15, -0.1) is 0 Å². The van der Waals surface area contributed by atoms with E-state index in [1.165, 1.54) is 12.3 Å². The molecule has 1 aliphatic rings. The quantitative estimate of drug-likeness (QED) is 0.844. The number of carbonyl (C=O) groups is 1. The predicted molar refractivity (Wildman–Crippen MR) is 87.8 cm³/mol. The van der Waals surface area contributed by atoms with Crippen molar-refractivity contribution in [2.45, 2.75) is 24.3 Å². The van der Waals surface area contributed by atoms with Gasteiger partial charge >= 0.3 is 0 Å². The van der Waals surface area contributed by atoms with Gasteiger partial charge in [-0.05, 0) is 6.07 Å². The van der Waals surface area contributed by atoms with Gasteiger partial charge in [0.15, 0.2) is 0 Å². The Labute approximate surface area is 147 Å². The van der Waals surface area contributed by atoms with E-state index in [2.05, 4.69) is 10.3 Å². The fourth-order valence-corrected chi connectivity index (χ4v) is 3.53. The highest BCUT2D eigenvalue weighted by Gasteiger charge is 2.59. The largest absolute Gasteiger partial charge is 0.367 e. The monoisotopic (exact) mass is 369 g/mol. The fraction of sp³-hybridized carbons (Fsp3) is 0.294. The SMILES string of the molecule is NC(=O)C(Nc1cncc(F)c1)(c1ccccc1Cl)C1CC(F)(F)C1. The average molecular weight is 370 g/mol. The minimum Gasteiger partial charge on any atom is -0.367 e. The highest BCUT2D eigenvalue weighted by atomic mass is 35.5. The number of alkyl halides is 2. The van der Waals surface area contributed by atoms with E-state index in [1.54, 1.807) is 18.2 Å². The molecule has 1 fully saturated rings. The third kappa shape index (κ3) is 3.16. The number of amides is 1. The Morgan fingerprint density at radius 1 is 1.32 bits per heavy atom. The molecule has 1 amide bonds. The van der Waals surface area contributed by atoms with Gasteiger partial charge in [0.2, 0.25) is 11.8 Å². The number of benzene rings is 1. The highest BCUT2D eigenvalue weighted by molar-refractivity contribution is 6.31. The second-order valence-electron chi connectivity index (χ2n) is 6.13. The summed E-state index contributed by atoms with van der Waals surface area (Å²) in [5, 5.41) is 3.04. The van der Waals surface area contributed by atoms with Gasteiger partial charge in [0.1, 0.15) is 11.4 Å². The second kappa shape index (κ2) is 6.22. The molecule has 1 unspecified atom stereocenters. The number of rotatable bonds is 5. The van der Waals surface area contributed by atoms with Crippen molar-refractivity contribution in [3.05, 3.63) is 59.1 Å². The molecule has 1 aromatic carbocycles. The van der Waals surface area contributed by atoms with E-state index in [0.717, 1.165) is 12.3 Å². The zero-order chi connectivity index (χ0) is 18.2. The first-order valence-electron chi connectivity index (χ1n) is 7.56. The van der Waals surface area contributed by atoms with Crippen LogP contribution in [-0.4, -0.2) is 16.8 Å². The zero-order valence-electron chi connectivity index (χ0n) is 13.0. The lowest BCUT2D eigenvalue weighted by Crippen LogP contribution is -2.59. The number of nitrogens with one attached hydrogen (secondary N) is 1. The Bertz CT molecular complexity index is 809. The second-order valence-corrected chi connectivity index (χ2v) is 6.54. The van der Waals surface area contributed by atoms with Crippen molar-refractivity contribution in [2.24, 2.45) is 11.7 Å². The highest BCUT2D eigenvalue weighted by Crippen LogP contribution is 2.53. The Morgan fingerprint density at radius 3 is 2.56 bits per heavy atom. The first-order valence-corrected chi connectivity index (χ1v) is 7.94. The number of hydrogen-bond acceptors (Lipinski definition) is 3. The molecule has 8 heteroatoms. The van der Waals surface area contributed by atoms with E-state index in [4.69, 9.17) is 17.3 Å². The van der Waals surface area contributed by atoms with Crippen LogP contribution in [0, 0.1) is 11.7 Å². The van der Waals surface area contributed by atoms with Crippen LogP contribution in [0.15, 0.2) is 42.7 Å². The summed E-state index contributed by atoms with van der Waals surface area (Å²) in [6, 6.07) is 7.47. The van der Waals surface area contributed by atoms with Gasteiger partial charge in [0, 0.05) is 35.4 Å². The summed E-state index contributed by atoms with van der Waals surface area (Å²) in [7, 11) is 0. The molecule has 0 aliphatic heterocycles. The molecule has 25 heavy (non-hydrogen) atoms. The number of anilines is 1. The lowest BCUT2D eigenvalue weighted by Gasteiger charge is -2.48. The van der Waals surface area contributed by atoms with Crippen LogP contribution in [0.4, 0.5) is 18.9 Å². The van der Waals surface area contributed by atoms with Gasteiger partial charge in [-0.2, -0.15) is 0 Å². The van der Waals surface area contributed by atoms with Crippen molar-refractivity contribution in [3.63, 3.8) is 0 Å². The molecule has 3 rings (SSSR count). The van der Waals surface area contributed by atoms with Gasteiger partial charge < -0.3 is 11.1 Å². The number of aromatic nitrogens is 1. The number of pyridine rings is 1. The van der Waals surface area contributed by atoms with Gasteiger partial charge in [0.05, 0.1) is 18.1 Å². The van der Waals surface area contributed by atoms with Gasteiger partial charge in [-0.1, -0.05) is 29.8 Å². The third-order valence-electron chi connectivity index (χ3n) is 4.44. The van der Waals surface area contributed by atoms with Crippen molar-refractivity contribution < 1.29 is 18.0 Å². The molecule has 0 saturated heterocycles. The molecule has 1 atom stereocenters. The Morgan fingerprint density at radius 2 is 2.00 bits per heavy atom. The van der Waals surface area contributed by atoms with Crippen LogP contribution in [0.25, 0.3) is 0 Å². The first kappa shape index (κ1) is 17.5. The van der Waals surface area contributed by atoms with Crippen LogP contribution in [0.1, 0.15) is 18.4 Å². The first-order chi connectivity index (χ1) is 11.7. The third-order valence-corrected chi connectivity index (χ3v) is 4.77. The number of carbonyl (C=O) groups excluding carboxylic acids is 1. The smallest absolute Gasteiger partial charge is 0.248 e. The Balaban J connectivity index is 2.12. The van der Waals surface area contributed by atoms with Crippen LogP contribution in [0.2, 0.25) is 5.02 Å². The predicted octanol–water partition coefficient (Wildman–Crippen LogP) is 3.71.